The topological polar surface area (TPSA) is 45.7 Å². The Hall–Kier alpha value is -1.02. The number of hydrogen-bond acceptors (Lipinski definition) is 5. The summed E-state index contributed by atoms with van der Waals surface area (Å²) < 4.78 is 7.52. The summed E-state index contributed by atoms with van der Waals surface area (Å²) in [6, 6.07) is 6.03. The van der Waals surface area contributed by atoms with Gasteiger partial charge in [-0.3, -0.25) is 14.6 Å². The molecule has 1 aliphatic heterocycles. The Morgan fingerprint density at radius 1 is 1.42 bits per heavy atom. The summed E-state index contributed by atoms with van der Waals surface area (Å²) in [6.45, 7) is 6.99. The molecule has 1 saturated heterocycles. The van der Waals surface area contributed by atoms with Gasteiger partial charge in [-0.05, 0) is 24.6 Å². The highest BCUT2D eigenvalue weighted by Gasteiger charge is 2.20. The third kappa shape index (κ3) is 4.33. The van der Waals surface area contributed by atoms with Crippen molar-refractivity contribution in [3.63, 3.8) is 0 Å². The second kappa shape index (κ2) is 8.38. The molecule has 24 heavy (non-hydrogen) atoms. The molecule has 130 valence electrons. The molecule has 3 rings (SSSR count). The van der Waals surface area contributed by atoms with Crippen molar-refractivity contribution in [1.82, 2.24) is 9.88 Å². The lowest BCUT2D eigenvalue weighted by atomic mass is 10.3. The highest BCUT2D eigenvalue weighted by molar-refractivity contribution is 9.10. The standard InChI is InChI=1S/C17H22BrN3O2S/c1-2-3-16(22)21(7-6-20-8-10-23-11-9-20)17-19-14-5-4-13(18)12-15(14)24-17/h4-5,12H,2-3,6-11H2,1H3. The summed E-state index contributed by atoms with van der Waals surface area (Å²) in [5, 5.41) is 0.801. The molecular formula is C17H22BrN3O2S. The lowest BCUT2D eigenvalue weighted by Crippen LogP contribution is -2.43. The highest BCUT2D eigenvalue weighted by atomic mass is 79.9. The van der Waals surface area contributed by atoms with Crippen molar-refractivity contribution < 1.29 is 9.53 Å². The Morgan fingerprint density at radius 3 is 2.96 bits per heavy atom. The molecule has 1 aliphatic rings. The SMILES string of the molecule is CCCC(=O)N(CCN1CCOCC1)c1nc2ccc(Br)cc2s1. The van der Waals surface area contributed by atoms with Crippen molar-refractivity contribution >= 4 is 48.5 Å². The van der Waals surface area contributed by atoms with Crippen LogP contribution in [0, 0.1) is 0 Å². The van der Waals surface area contributed by atoms with E-state index < -0.39 is 0 Å². The van der Waals surface area contributed by atoms with Gasteiger partial charge in [-0.25, -0.2) is 4.98 Å². The minimum absolute atomic E-state index is 0.156. The van der Waals surface area contributed by atoms with Crippen LogP contribution in [0.4, 0.5) is 5.13 Å². The van der Waals surface area contributed by atoms with Crippen molar-refractivity contribution in [1.29, 1.82) is 0 Å². The van der Waals surface area contributed by atoms with Gasteiger partial charge >= 0.3 is 0 Å². The Morgan fingerprint density at radius 2 is 2.21 bits per heavy atom. The molecule has 0 spiro atoms. The molecule has 0 unspecified atom stereocenters. The molecular weight excluding hydrogens is 390 g/mol. The average molecular weight is 412 g/mol. The van der Waals surface area contributed by atoms with Crippen LogP contribution in [0.25, 0.3) is 10.2 Å². The number of nitrogens with zero attached hydrogens (tertiary/aromatic N) is 3. The Balaban J connectivity index is 1.78. The number of amides is 1. The van der Waals surface area contributed by atoms with Crippen LogP contribution in [0.2, 0.25) is 0 Å². The van der Waals surface area contributed by atoms with Crippen molar-refractivity contribution in [2.75, 3.05) is 44.3 Å². The smallest absolute Gasteiger partial charge is 0.228 e. The number of ether oxygens (including phenoxy) is 1. The van der Waals surface area contributed by atoms with E-state index in [9.17, 15) is 4.79 Å². The summed E-state index contributed by atoms with van der Waals surface area (Å²) >= 11 is 5.08. The van der Waals surface area contributed by atoms with Crippen LogP contribution in [0.15, 0.2) is 22.7 Å². The minimum atomic E-state index is 0.156. The van der Waals surface area contributed by atoms with E-state index >= 15 is 0 Å². The first-order chi connectivity index (χ1) is 11.7. The fraction of sp³-hybridized carbons (Fsp3) is 0.529. The van der Waals surface area contributed by atoms with Crippen molar-refractivity contribution in [2.24, 2.45) is 0 Å². The van der Waals surface area contributed by atoms with E-state index in [2.05, 4.69) is 31.9 Å². The number of hydrogen-bond donors (Lipinski definition) is 0. The zero-order valence-corrected chi connectivity index (χ0v) is 16.2. The number of thiazole rings is 1. The van der Waals surface area contributed by atoms with E-state index in [4.69, 9.17) is 4.74 Å². The lowest BCUT2D eigenvalue weighted by Gasteiger charge is -2.29. The summed E-state index contributed by atoms with van der Waals surface area (Å²) in [5.41, 5.74) is 0.943. The fourth-order valence-electron chi connectivity index (χ4n) is 2.74. The molecule has 5 nitrogen and oxygen atoms in total. The van der Waals surface area contributed by atoms with Crippen LogP contribution < -0.4 is 4.90 Å². The predicted octanol–water partition coefficient (Wildman–Crippen LogP) is 3.52. The van der Waals surface area contributed by atoms with Gasteiger partial charge in [0, 0.05) is 37.1 Å². The van der Waals surface area contributed by atoms with Crippen LogP contribution >= 0.6 is 27.3 Å². The summed E-state index contributed by atoms with van der Waals surface area (Å²) in [7, 11) is 0. The maximum Gasteiger partial charge on any atom is 0.228 e. The van der Waals surface area contributed by atoms with Gasteiger partial charge in [-0.15, -0.1) is 0 Å². The number of benzene rings is 1. The molecule has 0 atom stereocenters. The molecule has 1 aromatic carbocycles. The van der Waals surface area contributed by atoms with Gasteiger partial charge in [-0.2, -0.15) is 0 Å². The number of rotatable bonds is 6. The van der Waals surface area contributed by atoms with E-state index in [-0.39, 0.29) is 5.91 Å². The number of carbonyl (C=O) groups is 1. The van der Waals surface area contributed by atoms with Crippen molar-refractivity contribution in [3.05, 3.63) is 22.7 Å². The fourth-order valence-corrected chi connectivity index (χ4v) is 4.30. The highest BCUT2D eigenvalue weighted by Crippen LogP contribution is 2.31. The summed E-state index contributed by atoms with van der Waals surface area (Å²) in [5.74, 6) is 0.156. The van der Waals surface area contributed by atoms with Gasteiger partial charge in [0.05, 0.1) is 23.4 Å². The monoisotopic (exact) mass is 411 g/mol. The Labute approximate surface area is 154 Å². The van der Waals surface area contributed by atoms with E-state index in [0.717, 1.165) is 59.1 Å². The van der Waals surface area contributed by atoms with Crippen molar-refractivity contribution in [2.45, 2.75) is 19.8 Å². The molecule has 0 saturated carbocycles. The quantitative estimate of drug-likeness (QED) is 0.729. The second-order valence-electron chi connectivity index (χ2n) is 5.86. The van der Waals surface area contributed by atoms with Crippen molar-refractivity contribution in [3.8, 4) is 0 Å². The van der Waals surface area contributed by atoms with Crippen LogP contribution in [-0.4, -0.2) is 55.2 Å². The van der Waals surface area contributed by atoms with E-state index in [1.54, 1.807) is 11.3 Å². The first-order valence-electron chi connectivity index (χ1n) is 8.34. The largest absolute Gasteiger partial charge is 0.379 e. The van der Waals surface area contributed by atoms with Gasteiger partial charge in [0.1, 0.15) is 0 Å². The number of halogens is 1. The second-order valence-corrected chi connectivity index (χ2v) is 7.78. The first kappa shape index (κ1) is 17.8. The number of morpholine rings is 1. The molecule has 1 amide bonds. The zero-order chi connectivity index (χ0) is 16.9. The maximum atomic E-state index is 12.6. The number of fused-ring (bicyclic) bond motifs is 1. The molecule has 2 aromatic rings. The maximum absolute atomic E-state index is 12.6. The van der Waals surface area contributed by atoms with E-state index in [1.165, 1.54) is 0 Å². The third-order valence-corrected chi connectivity index (χ3v) is 5.61. The van der Waals surface area contributed by atoms with Crippen LogP contribution in [-0.2, 0) is 9.53 Å². The normalized spacial score (nSPS) is 15.8. The molecule has 1 fully saturated rings. The molecule has 0 bridgehead atoms. The molecule has 2 heterocycles. The van der Waals surface area contributed by atoms with Crippen LogP contribution in [0.3, 0.4) is 0 Å². The molecule has 0 radical (unpaired) electrons. The van der Waals surface area contributed by atoms with Gasteiger partial charge in [0.2, 0.25) is 5.91 Å². The van der Waals surface area contributed by atoms with Gasteiger partial charge in [0.15, 0.2) is 5.13 Å². The number of anilines is 1. The Kier molecular flexibility index (Phi) is 6.21. The van der Waals surface area contributed by atoms with Crippen LogP contribution in [0.1, 0.15) is 19.8 Å². The molecule has 1 aromatic heterocycles. The lowest BCUT2D eigenvalue weighted by molar-refractivity contribution is -0.118. The summed E-state index contributed by atoms with van der Waals surface area (Å²) in [4.78, 5) is 21.5. The van der Waals surface area contributed by atoms with Crippen LogP contribution in [0.5, 0.6) is 0 Å². The van der Waals surface area contributed by atoms with E-state index in [0.29, 0.717) is 13.0 Å². The van der Waals surface area contributed by atoms with Gasteiger partial charge in [-0.1, -0.05) is 34.2 Å². The first-order valence-corrected chi connectivity index (χ1v) is 9.95. The number of aromatic nitrogens is 1. The minimum Gasteiger partial charge on any atom is -0.379 e. The number of carbonyl (C=O) groups excluding carboxylic acids is 1. The molecule has 0 N–H and O–H groups in total. The van der Waals surface area contributed by atoms with Gasteiger partial charge in [0.25, 0.3) is 0 Å². The van der Waals surface area contributed by atoms with Gasteiger partial charge < -0.3 is 4.74 Å². The predicted molar refractivity (Wildman–Crippen MR) is 102 cm³/mol. The average Bonchev–Trinajstić information content (AvgIpc) is 2.99. The zero-order valence-electron chi connectivity index (χ0n) is 13.8. The molecule has 7 heteroatoms. The Bertz CT molecular complexity index is 700. The van der Waals surface area contributed by atoms with E-state index in [1.807, 2.05) is 24.0 Å². The third-order valence-electron chi connectivity index (χ3n) is 4.08. The molecule has 0 aliphatic carbocycles. The summed E-state index contributed by atoms with van der Waals surface area (Å²) in [6.07, 6.45) is 1.41.